The van der Waals surface area contributed by atoms with Gasteiger partial charge < -0.3 is 24.4 Å². The number of hydrogen-bond donors (Lipinski definition) is 1. The first-order valence-corrected chi connectivity index (χ1v) is 9.78. The molecule has 4 rings (SSSR count). The molecule has 0 radical (unpaired) electrons. The van der Waals surface area contributed by atoms with E-state index in [1.54, 1.807) is 0 Å². The summed E-state index contributed by atoms with van der Waals surface area (Å²) in [6, 6.07) is 0. The minimum atomic E-state index is -0.367. The van der Waals surface area contributed by atoms with E-state index in [-0.39, 0.29) is 23.3 Å². The SMILES string of the molecule is Cc1noc(C)c1CN1CC2(CCN(C(=O)[C@H]3CNCCO3)CC2)CC1=O. The molecule has 3 saturated heterocycles. The van der Waals surface area contributed by atoms with Gasteiger partial charge in [-0.2, -0.15) is 0 Å². The Labute approximate surface area is 159 Å². The second-order valence-corrected chi connectivity index (χ2v) is 8.12. The number of ether oxygens (including phenoxy) is 1. The number of nitrogens with zero attached hydrogens (tertiary/aromatic N) is 3. The smallest absolute Gasteiger partial charge is 0.253 e. The molecule has 1 atom stereocenters. The number of hydrogen-bond acceptors (Lipinski definition) is 6. The number of nitrogens with one attached hydrogen (secondary N) is 1. The van der Waals surface area contributed by atoms with Crippen molar-refractivity contribution in [2.45, 2.75) is 45.8 Å². The van der Waals surface area contributed by atoms with Gasteiger partial charge in [0.25, 0.3) is 5.91 Å². The van der Waals surface area contributed by atoms with Crippen LogP contribution in [0.15, 0.2) is 4.52 Å². The number of likely N-dealkylation sites (tertiary alicyclic amines) is 2. The van der Waals surface area contributed by atoms with Crippen molar-refractivity contribution in [3.8, 4) is 0 Å². The van der Waals surface area contributed by atoms with Gasteiger partial charge in [-0.3, -0.25) is 9.59 Å². The van der Waals surface area contributed by atoms with Crippen LogP contribution in [0.5, 0.6) is 0 Å². The summed E-state index contributed by atoms with van der Waals surface area (Å²) in [5, 5.41) is 7.20. The van der Waals surface area contributed by atoms with Crippen molar-refractivity contribution in [2.24, 2.45) is 5.41 Å². The first kappa shape index (κ1) is 18.4. The lowest BCUT2D eigenvalue weighted by molar-refractivity contribution is -0.147. The highest BCUT2D eigenvalue weighted by Gasteiger charge is 2.46. The van der Waals surface area contributed by atoms with E-state index in [0.717, 1.165) is 42.9 Å². The van der Waals surface area contributed by atoms with Crippen molar-refractivity contribution < 1.29 is 18.8 Å². The molecule has 27 heavy (non-hydrogen) atoms. The first-order chi connectivity index (χ1) is 13.0. The van der Waals surface area contributed by atoms with E-state index in [1.807, 2.05) is 23.6 Å². The first-order valence-electron chi connectivity index (χ1n) is 9.78. The van der Waals surface area contributed by atoms with Crippen molar-refractivity contribution in [1.82, 2.24) is 20.3 Å². The molecule has 4 heterocycles. The van der Waals surface area contributed by atoms with E-state index in [2.05, 4.69) is 10.5 Å². The van der Waals surface area contributed by atoms with Gasteiger partial charge in [-0.05, 0) is 26.7 Å². The van der Waals surface area contributed by atoms with Crippen LogP contribution in [0.3, 0.4) is 0 Å². The number of aryl methyl sites for hydroxylation is 2. The molecule has 3 fully saturated rings. The van der Waals surface area contributed by atoms with Crippen molar-refractivity contribution in [3.63, 3.8) is 0 Å². The second kappa shape index (κ2) is 7.24. The number of aromatic nitrogens is 1. The molecule has 1 aromatic rings. The molecular weight excluding hydrogens is 348 g/mol. The highest BCUT2D eigenvalue weighted by Crippen LogP contribution is 2.41. The lowest BCUT2D eigenvalue weighted by atomic mass is 9.77. The zero-order valence-electron chi connectivity index (χ0n) is 16.1. The second-order valence-electron chi connectivity index (χ2n) is 8.12. The summed E-state index contributed by atoms with van der Waals surface area (Å²) >= 11 is 0. The molecule has 8 heteroatoms. The summed E-state index contributed by atoms with van der Waals surface area (Å²) in [5.74, 6) is 1.05. The van der Waals surface area contributed by atoms with Crippen molar-refractivity contribution in [2.75, 3.05) is 39.3 Å². The molecular formula is C19H28N4O4. The molecule has 3 aliphatic rings. The lowest BCUT2D eigenvalue weighted by Gasteiger charge is -2.40. The van der Waals surface area contributed by atoms with Gasteiger partial charge in [-0.15, -0.1) is 0 Å². The van der Waals surface area contributed by atoms with Crippen LogP contribution in [0.1, 0.15) is 36.3 Å². The maximum Gasteiger partial charge on any atom is 0.253 e. The summed E-state index contributed by atoms with van der Waals surface area (Å²) in [6.45, 7) is 8.48. The Balaban J connectivity index is 1.35. The standard InChI is InChI=1S/C19H28N4O4/c1-13-15(14(2)27-21-13)11-23-12-19(9-17(23)24)3-6-22(7-4-19)18(25)16-10-20-5-8-26-16/h16,20H,3-12H2,1-2H3/t16-/m1/s1. The Morgan fingerprint density at radius 3 is 2.74 bits per heavy atom. The molecule has 148 valence electrons. The molecule has 1 spiro atoms. The Morgan fingerprint density at radius 1 is 1.33 bits per heavy atom. The number of carbonyl (C=O) groups is 2. The third-order valence-corrected chi connectivity index (χ3v) is 6.27. The number of rotatable bonds is 3. The topological polar surface area (TPSA) is 87.9 Å². The molecule has 2 amide bonds. The molecule has 1 N–H and O–H groups in total. The predicted molar refractivity (Wildman–Crippen MR) is 96.9 cm³/mol. The third-order valence-electron chi connectivity index (χ3n) is 6.27. The third kappa shape index (κ3) is 3.60. The molecule has 0 bridgehead atoms. The fourth-order valence-corrected chi connectivity index (χ4v) is 4.51. The predicted octanol–water partition coefficient (Wildman–Crippen LogP) is 0.621. The van der Waals surface area contributed by atoms with Crippen LogP contribution in [0.25, 0.3) is 0 Å². The summed E-state index contributed by atoms with van der Waals surface area (Å²) in [7, 11) is 0. The van der Waals surface area contributed by atoms with Gasteiger partial charge in [0.2, 0.25) is 5.91 Å². The Kier molecular flexibility index (Phi) is 4.94. The molecule has 8 nitrogen and oxygen atoms in total. The highest BCUT2D eigenvalue weighted by atomic mass is 16.5. The van der Waals surface area contributed by atoms with E-state index >= 15 is 0 Å². The van der Waals surface area contributed by atoms with Gasteiger partial charge in [-0.1, -0.05) is 5.16 Å². The quantitative estimate of drug-likeness (QED) is 0.832. The van der Waals surface area contributed by atoms with Gasteiger partial charge in [0.15, 0.2) is 0 Å². The largest absolute Gasteiger partial charge is 0.366 e. The summed E-state index contributed by atoms with van der Waals surface area (Å²) in [4.78, 5) is 29.1. The monoisotopic (exact) mass is 376 g/mol. The van der Waals surface area contributed by atoms with Crippen LogP contribution in [0.2, 0.25) is 0 Å². The highest BCUT2D eigenvalue weighted by molar-refractivity contribution is 5.82. The van der Waals surface area contributed by atoms with Crippen LogP contribution in [0, 0.1) is 19.3 Å². The maximum atomic E-state index is 12.6. The van der Waals surface area contributed by atoms with Crippen molar-refractivity contribution >= 4 is 11.8 Å². The van der Waals surface area contributed by atoms with Crippen LogP contribution in [-0.2, 0) is 20.9 Å². The van der Waals surface area contributed by atoms with Crippen molar-refractivity contribution in [3.05, 3.63) is 17.0 Å². The Bertz CT molecular complexity index is 698. The number of amides is 2. The minimum absolute atomic E-state index is 0.0154. The number of morpholine rings is 1. The van der Waals surface area contributed by atoms with Crippen molar-refractivity contribution in [1.29, 1.82) is 0 Å². The van der Waals surface area contributed by atoms with E-state index < -0.39 is 0 Å². The number of piperidine rings is 1. The van der Waals surface area contributed by atoms with E-state index in [9.17, 15) is 9.59 Å². The summed E-state index contributed by atoms with van der Waals surface area (Å²) in [6.07, 6.45) is 1.93. The maximum absolute atomic E-state index is 12.6. The molecule has 0 aromatic carbocycles. The van der Waals surface area contributed by atoms with Crippen LogP contribution in [-0.4, -0.2) is 72.2 Å². The average molecular weight is 376 g/mol. The Morgan fingerprint density at radius 2 is 2.11 bits per heavy atom. The fourth-order valence-electron chi connectivity index (χ4n) is 4.51. The Hall–Kier alpha value is -1.93. The fraction of sp³-hybridized carbons (Fsp3) is 0.737. The van der Waals surface area contributed by atoms with E-state index in [1.165, 1.54) is 0 Å². The van der Waals surface area contributed by atoms with Gasteiger partial charge in [-0.25, -0.2) is 0 Å². The molecule has 0 unspecified atom stereocenters. The minimum Gasteiger partial charge on any atom is -0.366 e. The zero-order valence-corrected chi connectivity index (χ0v) is 16.1. The van der Waals surface area contributed by atoms with Gasteiger partial charge in [0.1, 0.15) is 11.9 Å². The molecule has 3 aliphatic heterocycles. The molecule has 0 saturated carbocycles. The zero-order chi connectivity index (χ0) is 19.0. The van der Waals surface area contributed by atoms with E-state index in [4.69, 9.17) is 9.26 Å². The van der Waals surface area contributed by atoms with Gasteiger partial charge in [0, 0.05) is 50.1 Å². The van der Waals surface area contributed by atoms with E-state index in [0.29, 0.717) is 39.2 Å². The summed E-state index contributed by atoms with van der Waals surface area (Å²) < 4.78 is 10.8. The molecule has 0 aliphatic carbocycles. The number of carbonyl (C=O) groups excluding carboxylic acids is 2. The van der Waals surface area contributed by atoms with Crippen LogP contribution >= 0.6 is 0 Å². The molecule has 1 aromatic heterocycles. The average Bonchev–Trinajstić information content (AvgIpc) is 3.16. The summed E-state index contributed by atoms with van der Waals surface area (Å²) in [5.41, 5.74) is 1.84. The van der Waals surface area contributed by atoms with Crippen LogP contribution in [0.4, 0.5) is 0 Å². The van der Waals surface area contributed by atoms with Gasteiger partial charge >= 0.3 is 0 Å². The normalized spacial score (nSPS) is 25.4. The van der Waals surface area contributed by atoms with Crippen LogP contribution < -0.4 is 5.32 Å². The lowest BCUT2D eigenvalue weighted by Crippen LogP contribution is -2.52. The van der Waals surface area contributed by atoms with Gasteiger partial charge in [0.05, 0.1) is 18.8 Å².